The molecule has 22 heavy (non-hydrogen) atoms. The Hall–Kier alpha value is -2.38. The Morgan fingerprint density at radius 3 is 2.45 bits per heavy atom. The molecule has 0 aliphatic carbocycles. The molecule has 2 rings (SSSR count). The lowest BCUT2D eigenvalue weighted by molar-refractivity contribution is 0.102. The number of carbonyl (C=O) groups excluding carboxylic acids is 1. The number of nitrogens with one attached hydrogen (secondary N) is 2. The van der Waals surface area contributed by atoms with Crippen LogP contribution >= 0.6 is 0 Å². The third kappa shape index (κ3) is 3.26. The summed E-state index contributed by atoms with van der Waals surface area (Å²) in [4.78, 5) is 12.2. The summed E-state index contributed by atoms with van der Waals surface area (Å²) in [5.74, 6) is -0.662. The Morgan fingerprint density at radius 2 is 1.82 bits per heavy atom. The molecule has 0 spiro atoms. The van der Waals surface area contributed by atoms with E-state index in [2.05, 4.69) is 10.0 Å². The first-order chi connectivity index (χ1) is 10.3. The maximum Gasteiger partial charge on any atom is 0.259 e. The average molecular weight is 320 g/mol. The number of hydrogen-bond donors (Lipinski definition) is 3. The maximum absolute atomic E-state index is 12.1. The van der Waals surface area contributed by atoms with Crippen molar-refractivity contribution in [3.05, 3.63) is 53.6 Å². The summed E-state index contributed by atoms with van der Waals surface area (Å²) in [7, 11) is -2.29. The smallest absolute Gasteiger partial charge is 0.259 e. The predicted octanol–water partition coefficient (Wildman–Crippen LogP) is 1.86. The van der Waals surface area contributed by atoms with E-state index in [1.807, 2.05) is 0 Å². The van der Waals surface area contributed by atoms with Crippen molar-refractivity contribution in [2.45, 2.75) is 11.8 Å². The van der Waals surface area contributed by atoms with Crippen LogP contribution in [-0.4, -0.2) is 26.5 Å². The van der Waals surface area contributed by atoms with Gasteiger partial charge in [-0.1, -0.05) is 18.2 Å². The van der Waals surface area contributed by atoms with Gasteiger partial charge in [0.25, 0.3) is 5.91 Å². The molecule has 0 aliphatic rings. The SMILES string of the molecule is CNS(=O)(=O)c1cc(NC(=O)c2ccccc2O)ccc1C. The monoisotopic (exact) mass is 320 g/mol. The highest BCUT2D eigenvalue weighted by Gasteiger charge is 2.16. The Labute approximate surface area is 128 Å². The highest BCUT2D eigenvalue weighted by atomic mass is 32.2. The summed E-state index contributed by atoms with van der Waals surface area (Å²) in [6.07, 6.45) is 0. The van der Waals surface area contributed by atoms with Crippen molar-refractivity contribution in [3.63, 3.8) is 0 Å². The zero-order valence-electron chi connectivity index (χ0n) is 12.1. The van der Waals surface area contributed by atoms with Crippen LogP contribution in [0.15, 0.2) is 47.4 Å². The van der Waals surface area contributed by atoms with Gasteiger partial charge in [0.2, 0.25) is 10.0 Å². The standard InChI is InChI=1S/C15H16N2O4S/c1-10-7-8-11(9-14(10)22(20,21)16-2)17-15(19)12-5-3-4-6-13(12)18/h3-9,16,18H,1-2H3,(H,17,19). The summed E-state index contributed by atoms with van der Waals surface area (Å²) in [6, 6.07) is 10.7. The number of phenols is 1. The second-order valence-corrected chi connectivity index (χ2v) is 6.51. The Balaban J connectivity index is 2.34. The molecule has 2 aromatic carbocycles. The van der Waals surface area contributed by atoms with E-state index in [4.69, 9.17) is 0 Å². The summed E-state index contributed by atoms with van der Waals surface area (Å²) < 4.78 is 26.1. The second-order valence-electron chi connectivity index (χ2n) is 4.66. The molecule has 7 heteroatoms. The van der Waals surface area contributed by atoms with Gasteiger partial charge in [0.05, 0.1) is 10.5 Å². The predicted molar refractivity (Wildman–Crippen MR) is 83.5 cm³/mol. The fourth-order valence-corrected chi connectivity index (χ4v) is 2.94. The van der Waals surface area contributed by atoms with Gasteiger partial charge >= 0.3 is 0 Å². The minimum absolute atomic E-state index is 0.0880. The topological polar surface area (TPSA) is 95.5 Å². The molecule has 0 aliphatic heterocycles. The zero-order valence-corrected chi connectivity index (χ0v) is 12.9. The number of carbonyl (C=O) groups is 1. The van der Waals surface area contributed by atoms with Crippen molar-refractivity contribution in [2.24, 2.45) is 0 Å². The van der Waals surface area contributed by atoms with Crippen LogP contribution in [0, 0.1) is 6.92 Å². The average Bonchev–Trinajstić information content (AvgIpc) is 2.49. The van der Waals surface area contributed by atoms with E-state index in [0.29, 0.717) is 11.3 Å². The van der Waals surface area contributed by atoms with E-state index in [1.165, 1.54) is 25.2 Å². The first kappa shape index (κ1) is 16.0. The number of phenolic OH excluding ortho intramolecular Hbond substituents is 1. The van der Waals surface area contributed by atoms with Gasteiger partial charge in [-0.15, -0.1) is 0 Å². The first-order valence-electron chi connectivity index (χ1n) is 6.48. The molecule has 116 valence electrons. The lowest BCUT2D eigenvalue weighted by Crippen LogP contribution is -2.20. The van der Waals surface area contributed by atoms with Gasteiger partial charge < -0.3 is 10.4 Å². The Morgan fingerprint density at radius 1 is 1.14 bits per heavy atom. The van der Waals surface area contributed by atoms with Crippen LogP contribution in [0.5, 0.6) is 5.75 Å². The number of anilines is 1. The van der Waals surface area contributed by atoms with Gasteiger partial charge in [0.1, 0.15) is 5.75 Å². The van der Waals surface area contributed by atoms with Crippen LogP contribution < -0.4 is 10.0 Å². The Bertz CT molecular complexity index is 816. The third-order valence-electron chi connectivity index (χ3n) is 3.15. The molecule has 0 unspecified atom stereocenters. The zero-order chi connectivity index (χ0) is 16.3. The van der Waals surface area contributed by atoms with Crippen molar-refractivity contribution in [3.8, 4) is 5.75 Å². The van der Waals surface area contributed by atoms with Gasteiger partial charge in [-0.05, 0) is 43.8 Å². The lowest BCUT2D eigenvalue weighted by atomic mass is 10.1. The second kappa shape index (κ2) is 6.17. The van der Waals surface area contributed by atoms with E-state index in [9.17, 15) is 18.3 Å². The lowest BCUT2D eigenvalue weighted by Gasteiger charge is -2.11. The molecular formula is C15H16N2O4S. The number of aryl methyl sites for hydroxylation is 1. The number of benzene rings is 2. The molecule has 0 bridgehead atoms. The normalized spacial score (nSPS) is 11.2. The minimum atomic E-state index is -3.61. The number of amides is 1. The van der Waals surface area contributed by atoms with E-state index in [1.54, 1.807) is 31.2 Å². The summed E-state index contributed by atoms with van der Waals surface area (Å²) in [5.41, 5.74) is 1.00. The molecule has 1 amide bonds. The number of rotatable bonds is 4. The number of para-hydroxylation sites is 1. The van der Waals surface area contributed by atoms with Crippen LogP contribution in [-0.2, 0) is 10.0 Å². The molecule has 0 saturated heterocycles. The third-order valence-corrected chi connectivity index (χ3v) is 4.71. The fraction of sp³-hybridized carbons (Fsp3) is 0.133. The largest absolute Gasteiger partial charge is 0.507 e. The molecule has 6 nitrogen and oxygen atoms in total. The van der Waals surface area contributed by atoms with Crippen LogP contribution in [0.2, 0.25) is 0 Å². The molecule has 0 fully saturated rings. The van der Waals surface area contributed by atoms with E-state index >= 15 is 0 Å². The quantitative estimate of drug-likeness (QED) is 0.801. The van der Waals surface area contributed by atoms with Crippen LogP contribution in [0.3, 0.4) is 0 Å². The van der Waals surface area contributed by atoms with E-state index in [-0.39, 0.29) is 16.2 Å². The number of sulfonamides is 1. The molecule has 0 atom stereocenters. The molecule has 2 aromatic rings. The molecule has 0 radical (unpaired) electrons. The molecular weight excluding hydrogens is 304 g/mol. The summed E-state index contributed by atoms with van der Waals surface area (Å²) >= 11 is 0. The van der Waals surface area contributed by atoms with E-state index < -0.39 is 15.9 Å². The van der Waals surface area contributed by atoms with Crippen molar-refractivity contribution in [1.82, 2.24) is 4.72 Å². The van der Waals surface area contributed by atoms with Gasteiger partial charge in [0, 0.05) is 5.69 Å². The van der Waals surface area contributed by atoms with Crippen molar-refractivity contribution < 1.29 is 18.3 Å². The first-order valence-corrected chi connectivity index (χ1v) is 7.97. The van der Waals surface area contributed by atoms with Crippen molar-refractivity contribution in [1.29, 1.82) is 0 Å². The van der Waals surface area contributed by atoms with Crippen LogP contribution in [0.25, 0.3) is 0 Å². The van der Waals surface area contributed by atoms with Crippen molar-refractivity contribution in [2.75, 3.05) is 12.4 Å². The number of aromatic hydroxyl groups is 1. The van der Waals surface area contributed by atoms with Gasteiger partial charge in [-0.3, -0.25) is 4.79 Å². The van der Waals surface area contributed by atoms with Gasteiger partial charge in [0.15, 0.2) is 0 Å². The Kier molecular flexibility index (Phi) is 4.48. The van der Waals surface area contributed by atoms with Crippen LogP contribution in [0.1, 0.15) is 15.9 Å². The van der Waals surface area contributed by atoms with E-state index in [0.717, 1.165) is 0 Å². The molecule has 0 saturated carbocycles. The summed E-state index contributed by atoms with van der Waals surface area (Å²) in [5, 5.41) is 12.2. The highest BCUT2D eigenvalue weighted by molar-refractivity contribution is 7.89. The fourth-order valence-electron chi connectivity index (χ4n) is 1.94. The minimum Gasteiger partial charge on any atom is -0.507 e. The van der Waals surface area contributed by atoms with Gasteiger partial charge in [-0.2, -0.15) is 0 Å². The van der Waals surface area contributed by atoms with Crippen molar-refractivity contribution >= 4 is 21.6 Å². The molecule has 0 aromatic heterocycles. The maximum atomic E-state index is 12.1. The molecule has 0 heterocycles. The molecule has 3 N–H and O–H groups in total. The van der Waals surface area contributed by atoms with Crippen LogP contribution in [0.4, 0.5) is 5.69 Å². The van der Waals surface area contributed by atoms with Gasteiger partial charge in [-0.25, -0.2) is 13.1 Å². The highest BCUT2D eigenvalue weighted by Crippen LogP contribution is 2.22. The number of hydrogen-bond acceptors (Lipinski definition) is 4. The summed E-state index contributed by atoms with van der Waals surface area (Å²) in [6.45, 7) is 1.67.